The van der Waals surface area contributed by atoms with Crippen LogP contribution in [-0.4, -0.2) is 22.8 Å². The number of para-hydroxylation sites is 1. The van der Waals surface area contributed by atoms with Gasteiger partial charge in [0.2, 0.25) is 5.91 Å². The zero-order chi connectivity index (χ0) is 14.3. The Bertz CT molecular complexity index is 739. The van der Waals surface area contributed by atoms with Crippen LogP contribution in [0.2, 0.25) is 0 Å². The molecule has 0 saturated heterocycles. The van der Waals surface area contributed by atoms with Crippen molar-refractivity contribution in [1.29, 1.82) is 0 Å². The molecule has 0 saturated carbocycles. The number of benzene rings is 1. The Labute approximate surface area is 117 Å². The number of carbonyl (C=O) groups is 1. The zero-order valence-corrected chi connectivity index (χ0v) is 11.6. The average Bonchev–Trinajstić information content (AvgIpc) is 2.74. The third-order valence-corrected chi connectivity index (χ3v) is 3.76. The number of carbonyl (C=O) groups excluding carboxylic acids is 1. The summed E-state index contributed by atoms with van der Waals surface area (Å²) in [6.07, 6.45) is 5.62. The standard InChI is InChI=1S/C16H17N3O/c1-10-15(12-5-3-4-6-13(12)18-10)14-8-7-11(16(17)20)9-19(14)2/h3-9,14,18H,1-2H3,(H2,17,20). The lowest BCUT2D eigenvalue weighted by atomic mass is 9.98. The van der Waals surface area contributed by atoms with E-state index in [0.717, 1.165) is 11.2 Å². The van der Waals surface area contributed by atoms with Crippen LogP contribution in [0.4, 0.5) is 0 Å². The van der Waals surface area contributed by atoms with Crippen molar-refractivity contribution in [1.82, 2.24) is 9.88 Å². The van der Waals surface area contributed by atoms with Gasteiger partial charge in [0.25, 0.3) is 0 Å². The smallest absolute Gasteiger partial charge is 0.250 e. The van der Waals surface area contributed by atoms with Crippen LogP contribution in [-0.2, 0) is 4.79 Å². The molecule has 0 fully saturated rings. The molecule has 1 atom stereocenters. The van der Waals surface area contributed by atoms with Gasteiger partial charge in [0.15, 0.2) is 0 Å². The van der Waals surface area contributed by atoms with Crippen LogP contribution in [0.3, 0.4) is 0 Å². The van der Waals surface area contributed by atoms with Crippen molar-refractivity contribution in [2.24, 2.45) is 5.73 Å². The Morgan fingerprint density at radius 2 is 2.10 bits per heavy atom. The molecule has 1 aliphatic rings. The van der Waals surface area contributed by atoms with E-state index in [1.54, 1.807) is 12.3 Å². The number of aryl methyl sites for hydroxylation is 1. The van der Waals surface area contributed by atoms with E-state index in [-0.39, 0.29) is 6.04 Å². The van der Waals surface area contributed by atoms with E-state index in [0.29, 0.717) is 5.57 Å². The number of rotatable bonds is 2. The molecule has 1 aliphatic heterocycles. The minimum Gasteiger partial charge on any atom is -0.369 e. The SMILES string of the molecule is Cc1[nH]c2ccccc2c1C1C=CC(C(N)=O)=CN1C. The van der Waals surface area contributed by atoms with Crippen LogP contribution in [0.15, 0.2) is 48.2 Å². The molecule has 102 valence electrons. The number of likely N-dealkylation sites (N-methyl/N-ethyl adjacent to an activating group) is 1. The molecule has 0 spiro atoms. The van der Waals surface area contributed by atoms with Crippen LogP contribution in [0, 0.1) is 6.92 Å². The number of H-pyrrole nitrogens is 1. The minimum atomic E-state index is -0.401. The van der Waals surface area contributed by atoms with Crippen molar-refractivity contribution in [3.05, 3.63) is 59.4 Å². The molecular formula is C16H17N3O. The minimum absolute atomic E-state index is 0.106. The molecule has 0 radical (unpaired) electrons. The van der Waals surface area contributed by atoms with Gasteiger partial charge in [-0.1, -0.05) is 24.3 Å². The molecule has 0 aliphatic carbocycles. The lowest BCUT2D eigenvalue weighted by Gasteiger charge is -2.28. The topological polar surface area (TPSA) is 62.1 Å². The molecule has 0 bridgehead atoms. The summed E-state index contributed by atoms with van der Waals surface area (Å²) in [6, 6.07) is 8.35. The highest BCUT2D eigenvalue weighted by Crippen LogP contribution is 2.34. The van der Waals surface area contributed by atoms with Gasteiger partial charge < -0.3 is 15.6 Å². The Balaban J connectivity index is 2.07. The van der Waals surface area contributed by atoms with E-state index in [1.807, 2.05) is 30.2 Å². The number of amides is 1. The number of nitrogens with one attached hydrogen (secondary N) is 1. The first-order valence-corrected chi connectivity index (χ1v) is 6.57. The molecular weight excluding hydrogens is 250 g/mol. The largest absolute Gasteiger partial charge is 0.369 e. The van der Waals surface area contributed by atoms with Crippen LogP contribution in [0.25, 0.3) is 10.9 Å². The van der Waals surface area contributed by atoms with Gasteiger partial charge in [0, 0.05) is 35.4 Å². The first-order valence-electron chi connectivity index (χ1n) is 6.57. The lowest BCUT2D eigenvalue weighted by Crippen LogP contribution is -2.24. The number of fused-ring (bicyclic) bond motifs is 1. The first kappa shape index (κ1) is 12.5. The fraction of sp³-hybridized carbons (Fsp3) is 0.188. The van der Waals surface area contributed by atoms with Crippen LogP contribution in [0.1, 0.15) is 17.3 Å². The Kier molecular flexibility index (Phi) is 2.86. The van der Waals surface area contributed by atoms with Crippen LogP contribution >= 0.6 is 0 Å². The predicted molar refractivity (Wildman–Crippen MR) is 80.0 cm³/mol. The Morgan fingerprint density at radius 1 is 1.35 bits per heavy atom. The van der Waals surface area contributed by atoms with Gasteiger partial charge in [0.05, 0.1) is 11.6 Å². The highest BCUT2D eigenvalue weighted by Gasteiger charge is 2.22. The number of primary amides is 1. The maximum atomic E-state index is 11.2. The second-order valence-corrected chi connectivity index (χ2v) is 5.13. The summed E-state index contributed by atoms with van der Waals surface area (Å²) in [5, 5.41) is 1.21. The fourth-order valence-electron chi connectivity index (χ4n) is 2.80. The Morgan fingerprint density at radius 3 is 2.80 bits per heavy atom. The predicted octanol–water partition coefficient (Wildman–Crippen LogP) is 2.39. The highest BCUT2D eigenvalue weighted by molar-refractivity contribution is 5.95. The van der Waals surface area contributed by atoms with Crippen LogP contribution < -0.4 is 5.73 Å². The molecule has 3 rings (SSSR count). The van der Waals surface area contributed by atoms with Gasteiger partial charge in [0.1, 0.15) is 0 Å². The quantitative estimate of drug-likeness (QED) is 0.877. The summed E-state index contributed by atoms with van der Waals surface area (Å²) < 4.78 is 0. The van der Waals surface area contributed by atoms with Crippen molar-refractivity contribution < 1.29 is 4.79 Å². The molecule has 1 aromatic carbocycles. The lowest BCUT2D eigenvalue weighted by molar-refractivity contribution is -0.114. The van der Waals surface area contributed by atoms with Gasteiger partial charge in [-0.15, -0.1) is 0 Å². The van der Waals surface area contributed by atoms with Crippen molar-refractivity contribution in [2.45, 2.75) is 13.0 Å². The number of hydrogen-bond donors (Lipinski definition) is 2. The van der Waals surface area contributed by atoms with Gasteiger partial charge >= 0.3 is 0 Å². The second-order valence-electron chi connectivity index (χ2n) is 5.13. The van der Waals surface area contributed by atoms with Gasteiger partial charge in [-0.2, -0.15) is 0 Å². The molecule has 3 N–H and O–H groups in total. The van der Waals surface area contributed by atoms with Crippen molar-refractivity contribution in [3.8, 4) is 0 Å². The number of nitrogens with two attached hydrogens (primary N) is 1. The van der Waals surface area contributed by atoms with Gasteiger partial charge in [-0.05, 0) is 19.1 Å². The maximum absolute atomic E-state index is 11.2. The number of hydrogen-bond acceptors (Lipinski definition) is 2. The van der Waals surface area contributed by atoms with E-state index >= 15 is 0 Å². The fourth-order valence-corrected chi connectivity index (χ4v) is 2.80. The van der Waals surface area contributed by atoms with Crippen molar-refractivity contribution in [3.63, 3.8) is 0 Å². The first-order chi connectivity index (χ1) is 9.58. The normalized spacial score (nSPS) is 18.4. The number of nitrogens with zero attached hydrogens (tertiary/aromatic N) is 1. The molecule has 4 heteroatoms. The van der Waals surface area contributed by atoms with Crippen molar-refractivity contribution >= 4 is 16.8 Å². The van der Waals surface area contributed by atoms with E-state index in [4.69, 9.17) is 5.73 Å². The molecule has 2 heterocycles. The van der Waals surface area contributed by atoms with E-state index in [9.17, 15) is 4.79 Å². The summed E-state index contributed by atoms with van der Waals surface area (Å²) in [4.78, 5) is 16.7. The van der Waals surface area contributed by atoms with Crippen LogP contribution in [0.5, 0.6) is 0 Å². The molecule has 1 unspecified atom stereocenters. The highest BCUT2D eigenvalue weighted by atomic mass is 16.1. The third kappa shape index (κ3) is 1.90. The monoisotopic (exact) mass is 267 g/mol. The molecule has 1 amide bonds. The van der Waals surface area contributed by atoms with Gasteiger partial charge in [-0.25, -0.2) is 0 Å². The zero-order valence-electron chi connectivity index (χ0n) is 11.6. The van der Waals surface area contributed by atoms with Gasteiger partial charge in [-0.3, -0.25) is 4.79 Å². The summed E-state index contributed by atoms with van der Waals surface area (Å²) in [6.45, 7) is 2.07. The second kappa shape index (κ2) is 4.56. The molecule has 1 aromatic heterocycles. The summed E-state index contributed by atoms with van der Waals surface area (Å²) in [5.41, 5.74) is 9.36. The van der Waals surface area contributed by atoms with E-state index in [2.05, 4.69) is 24.0 Å². The number of aromatic amines is 1. The van der Waals surface area contributed by atoms with E-state index in [1.165, 1.54) is 10.9 Å². The molecule has 20 heavy (non-hydrogen) atoms. The van der Waals surface area contributed by atoms with E-state index < -0.39 is 5.91 Å². The number of aromatic nitrogens is 1. The summed E-state index contributed by atoms with van der Waals surface area (Å²) in [5.74, 6) is -0.401. The summed E-state index contributed by atoms with van der Waals surface area (Å²) in [7, 11) is 1.96. The molecule has 4 nitrogen and oxygen atoms in total. The maximum Gasteiger partial charge on any atom is 0.250 e. The third-order valence-electron chi connectivity index (χ3n) is 3.76. The Hall–Kier alpha value is -2.49. The summed E-state index contributed by atoms with van der Waals surface area (Å²) >= 11 is 0. The molecule has 2 aromatic rings. The average molecular weight is 267 g/mol. The van der Waals surface area contributed by atoms with Crippen molar-refractivity contribution in [2.75, 3.05) is 7.05 Å².